The number of carboxylic acids is 1. The number of rotatable bonds is 10. The first-order chi connectivity index (χ1) is 17.8. The average Bonchev–Trinajstić information content (AvgIpc) is 3.30. The Labute approximate surface area is 218 Å². The molecule has 1 unspecified atom stereocenters. The van der Waals surface area contributed by atoms with E-state index in [-0.39, 0.29) is 24.4 Å². The topological polar surface area (TPSA) is 109 Å². The van der Waals surface area contributed by atoms with Gasteiger partial charge in [0.25, 0.3) is 0 Å². The van der Waals surface area contributed by atoms with Gasteiger partial charge in [0.05, 0.1) is 18.6 Å². The molecule has 1 aromatic heterocycles. The average molecular weight is 510 g/mol. The summed E-state index contributed by atoms with van der Waals surface area (Å²) in [5.74, 6) is -1.50. The fraction of sp³-hybridized carbons (Fsp3) is 0.536. The van der Waals surface area contributed by atoms with Crippen LogP contribution in [0.3, 0.4) is 0 Å². The lowest BCUT2D eigenvalue weighted by Crippen LogP contribution is -2.61. The van der Waals surface area contributed by atoms with Crippen molar-refractivity contribution in [1.29, 1.82) is 0 Å². The van der Waals surface area contributed by atoms with E-state index in [0.717, 1.165) is 11.9 Å². The van der Waals surface area contributed by atoms with Gasteiger partial charge < -0.3 is 15.4 Å². The highest BCUT2D eigenvalue weighted by Gasteiger charge is 2.45. The monoisotopic (exact) mass is 509 g/mol. The van der Waals surface area contributed by atoms with E-state index < -0.39 is 24.1 Å². The predicted molar refractivity (Wildman–Crippen MR) is 143 cm³/mol. The number of H-pyrrole nitrogens is 1. The fourth-order valence-corrected chi connectivity index (χ4v) is 6.37. The zero-order chi connectivity index (χ0) is 26.7. The molecule has 1 fully saturated rings. The highest BCUT2D eigenvalue weighted by Crippen LogP contribution is 2.45. The molecule has 4 atom stereocenters. The normalized spacial score (nSPS) is 21.9. The van der Waals surface area contributed by atoms with E-state index in [1.807, 2.05) is 26.8 Å². The molecular formula is C28H39N5O4. The molecule has 200 valence electrons. The number of piperidine rings is 1. The van der Waals surface area contributed by atoms with E-state index in [4.69, 9.17) is 0 Å². The minimum Gasteiger partial charge on any atom is -0.480 e. The summed E-state index contributed by atoms with van der Waals surface area (Å²) >= 11 is 0. The lowest BCUT2D eigenvalue weighted by Gasteiger charge is -2.47. The van der Waals surface area contributed by atoms with Gasteiger partial charge >= 0.3 is 12.0 Å². The van der Waals surface area contributed by atoms with Crippen LogP contribution in [0.4, 0.5) is 4.79 Å². The van der Waals surface area contributed by atoms with Crippen molar-refractivity contribution in [3.8, 4) is 0 Å². The zero-order valence-corrected chi connectivity index (χ0v) is 22.1. The third-order valence-electron chi connectivity index (χ3n) is 7.90. The van der Waals surface area contributed by atoms with E-state index in [1.54, 1.807) is 4.90 Å². The second-order valence-corrected chi connectivity index (χ2v) is 10.0. The zero-order valence-electron chi connectivity index (χ0n) is 22.1. The molecule has 3 N–H and O–H groups in total. The summed E-state index contributed by atoms with van der Waals surface area (Å²) in [5.41, 5.74) is 3.65. The molecule has 3 amide bonds. The van der Waals surface area contributed by atoms with Gasteiger partial charge in [0.15, 0.2) is 0 Å². The standard InChI is InChI=1S/C28H39N5O4/c1-5-12-32-16-19(13-21-20-10-9-11-22-26(20)18(15-30-22)14-23(21)32)27(36)33(28(37)29-7-3)24(6-2)31(8-4)17-25(34)35/h5,9-11,15,19,21,23-24,30H,1,6-8,12-14,16-17H2,2-4H3,(H,29,37)(H,34,35)/t19-,21-,23-,24?/m1/s1. The van der Waals surface area contributed by atoms with E-state index in [1.165, 1.54) is 21.4 Å². The molecule has 1 aliphatic heterocycles. The van der Waals surface area contributed by atoms with E-state index in [0.29, 0.717) is 39.0 Å². The van der Waals surface area contributed by atoms with Crippen LogP contribution in [0.1, 0.15) is 50.7 Å². The summed E-state index contributed by atoms with van der Waals surface area (Å²) in [7, 11) is 0. The molecule has 4 rings (SSSR count). The van der Waals surface area contributed by atoms with Crippen LogP contribution in [0.2, 0.25) is 0 Å². The van der Waals surface area contributed by atoms with Crippen LogP contribution in [0, 0.1) is 5.92 Å². The SMILES string of the molecule is C=CCN1C[C@H](C(=O)N(C(=O)NCC)C(CC)N(CC)CC(=O)O)C[C@@H]2c3cccc4[nH]cc(c34)C[C@H]21. The Morgan fingerprint density at radius 2 is 2.08 bits per heavy atom. The number of carbonyl (C=O) groups excluding carboxylic acids is 2. The van der Waals surface area contributed by atoms with Crippen LogP contribution >= 0.6 is 0 Å². The Kier molecular flexibility index (Phi) is 8.34. The number of nitrogens with zero attached hydrogens (tertiary/aromatic N) is 3. The molecule has 0 saturated carbocycles. The molecule has 0 bridgehead atoms. The van der Waals surface area contributed by atoms with Gasteiger partial charge in [0.1, 0.15) is 0 Å². The van der Waals surface area contributed by atoms with Gasteiger partial charge in [-0.1, -0.05) is 32.1 Å². The molecule has 1 aliphatic carbocycles. The highest BCUT2D eigenvalue weighted by atomic mass is 16.4. The Morgan fingerprint density at radius 1 is 1.30 bits per heavy atom. The van der Waals surface area contributed by atoms with Crippen LogP contribution < -0.4 is 5.32 Å². The lowest BCUT2D eigenvalue weighted by molar-refractivity contribution is -0.146. The number of urea groups is 1. The van der Waals surface area contributed by atoms with Crippen molar-refractivity contribution < 1.29 is 19.5 Å². The maximum Gasteiger partial charge on any atom is 0.325 e. The van der Waals surface area contributed by atoms with Crippen LogP contribution in [0.5, 0.6) is 0 Å². The van der Waals surface area contributed by atoms with Gasteiger partial charge in [-0.15, -0.1) is 6.58 Å². The van der Waals surface area contributed by atoms with E-state index >= 15 is 0 Å². The lowest BCUT2D eigenvalue weighted by atomic mass is 9.72. The molecule has 0 radical (unpaired) electrons. The first-order valence-corrected chi connectivity index (χ1v) is 13.3. The van der Waals surface area contributed by atoms with E-state index in [2.05, 4.69) is 46.2 Å². The van der Waals surface area contributed by atoms with Crippen LogP contribution in [0.25, 0.3) is 10.9 Å². The third-order valence-corrected chi connectivity index (χ3v) is 7.90. The Hall–Kier alpha value is -3.17. The number of aliphatic carboxylic acids is 1. The number of nitrogens with one attached hydrogen (secondary N) is 2. The van der Waals surface area contributed by atoms with Crippen molar-refractivity contribution in [1.82, 2.24) is 25.0 Å². The molecule has 1 saturated heterocycles. The minimum atomic E-state index is -0.987. The number of fused-ring (bicyclic) bond motifs is 2. The predicted octanol–water partition coefficient (Wildman–Crippen LogP) is 3.38. The number of aromatic nitrogens is 1. The molecule has 37 heavy (non-hydrogen) atoms. The first-order valence-electron chi connectivity index (χ1n) is 13.3. The quantitative estimate of drug-likeness (QED) is 0.335. The third kappa shape index (κ3) is 5.15. The van der Waals surface area contributed by atoms with E-state index in [9.17, 15) is 19.5 Å². The number of benzene rings is 1. The number of carbonyl (C=O) groups is 3. The summed E-state index contributed by atoms with van der Waals surface area (Å²) < 4.78 is 0. The van der Waals surface area contributed by atoms with Crippen LogP contribution in [0.15, 0.2) is 37.1 Å². The molecular weight excluding hydrogens is 470 g/mol. The number of carboxylic acid groups (broad SMARTS) is 1. The number of likely N-dealkylation sites (tertiary alicyclic amines) is 1. The second-order valence-electron chi connectivity index (χ2n) is 10.0. The van der Waals surface area contributed by atoms with Crippen molar-refractivity contribution in [3.05, 3.63) is 48.2 Å². The first kappa shape index (κ1) is 26.9. The van der Waals surface area contributed by atoms with Gasteiger partial charge in [-0.25, -0.2) is 9.69 Å². The number of hydrogen-bond donors (Lipinski definition) is 3. The molecule has 9 heteroatoms. The second kappa shape index (κ2) is 11.5. The summed E-state index contributed by atoms with van der Waals surface area (Å²) in [6, 6.07) is 6.08. The summed E-state index contributed by atoms with van der Waals surface area (Å²) in [6.45, 7) is 11.2. The number of hydrogen-bond acceptors (Lipinski definition) is 5. The maximum atomic E-state index is 14.2. The molecule has 0 spiro atoms. The number of aromatic amines is 1. The minimum absolute atomic E-state index is 0.145. The molecule has 2 heterocycles. The van der Waals surface area contributed by atoms with Crippen molar-refractivity contribution in [2.24, 2.45) is 5.92 Å². The highest BCUT2D eigenvalue weighted by molar-refractivity contribution is 5.96. The maximum absolute atomic E-state index is 14.2. The van der Waals surface area contributed by atoms with Gasteiger partial charge in [-0.3, -0.25) is 19.4 Å². The number of imide groups is 1. The van der Waals surface area contributed by atoms with Gasteiger partial charge in [-0.05, 0) is 49.9 Å². The van der Waals surface area contributed by atoms with Crippen LogP contribution in [-0.2, 0) is 16.0 Å². The Balaban J connectivity index is 1.70. The van der Waals surface area contributed by atoms with Gasteiger partial charge in [-0.2, -0.15) is 0 Å². The van der Waals surface area contributed by atoms with Crippen LogP contribution in [-0.4, -0.2) is 87.6 Å². The largest absolute Gasteiger partial charge is 0.480 e. The van der Waals surface area contributed by atoms with Gasteiger partial charge in [0.2, 0.25) is 5.91 Å². The fourth-order valence-electron chi connectivity index (χ4n) is 6.37. The number of likely N-dealkylation sites (N-methyl/N-ethyl adjacent to an activating group) is 1. The summed E-state index contributed by atoms with van der Waals surface area (Å²) in [4.78, 5) is 47.7. The summed E-state index contributed by atoms with van der Waals surface area (Å²) in [6.07, 6.45) is 5.30. The van der Waals surface area contributed by atoms with Crippen molar-refractivity contribution in [3.63, 3.8) is 0 Å². The van der Waals surface area contributed by atoms with Crippen molar-refractivity contribution in [2.75, 3.05) is 32.7 Å². The molecule has 2 aromatic rings. The van der Waals surface area contributed by atoms with Gasteiger partial charge in [0, 0.05) is 48.7 Å². The molecule has 1 aromatic carbocycles. The number of amides is 3. The Bertz CT molecular complexity index is 1160. The molecule has 9 nitrogen and oxygen atoms in total. The Morgan fingerprint density at radius 3 is 2.73 bits per heavy atom. The van der Waals surface area contributed by atoms with Crippen molar-refractivity contribution >= 4 is 28.8 Å². The van der Waals surface area contributed by atoms with Crippen molar-refractivity contribution in [2.45, 2.75) is 58.2 Å². The smallest absolute Gasteiger partial charge is 0.325 e. The molecule has 2 aliphatic rings. The summed E-state index contributed by atoms with van der Waals surface area (Å²) in [5, 5.41) is 13.5.